The van der Waals surface area contributed by atoms with Gasteiger partial charge < -0.3 is 15.4 Å². The van der Waals surface area contributed by atoms with E-state index in [-0.39, 0.29) is 12.0 Å². The molecule has 0 fully saturated rings. The van der Waals surface area contributed by atoms with Gasteiger partial charge in [-0.25, -0.2) is 0 Å². The third kappa shape index (κ3) is 3.79. The third-order valence-electron chi connectivity index (χ3n) is 2.65. The molecule has 0 atom stereocenters. The van der Waals surface area contributed by atoms with Gasteiger partial charge in [-0.15, -0.1) is 0 Å². The molecule has 1 heterocycles. The molecule has 1 aromatic carbocycles. The summed E-state index contributed by atoms with van der Waals surface area (Å²) in [5.74, 6) is 0.453. The molecule has 2 N–H and O–H groups in total. The minimum Gasteiger partial charge on any atom is -0.464 e. The Bertz CT molecular complexity index is 625. The van der Waals surface area contributed by atoms with Crippen molar-refractivity contribution in [2.24, 2.45) is 0 Å². The van der Waals surface area contributed by atoms with Gasteiger partial charge in [0.25, 0.3) is 0 Å². The molecule has 0 spiro atoms. The molecule has 0 saturated heterocycles. The van der Waals surface area contributed by atoms with Crippen LogP contribution < -0.4 is 15.4 Å². The standard InChI is InChI=1S/C14H16N6O/c1-2-21-14-18-12(16)17-13(19-14)20(10-6-9-15)11-7-4-3-5-8-11/h3-5,7-8H,2,6,10H2,1H3,(H2,16,17,18,19). The van der Waals surface area contributed by atoms with Crippen molar-refractivity contribution in [3.63, 3.8) is 0 Å². The Morgan fingerprint density at radius 3 is 2.67 bits per heavy atom. The van der Waals surface area contributed by atoms with E-state index in [1.807, 2.05) is 42.2 Å². The van der Waals surface area contributed by atoms with Crippen molar-refractivity contribution in [3.8, 4) is 12.1 Å². The average Bonchev–Trinajstić information content (AvgIpc) is 2.48. The number of hydrogen-bond acceptors (Lipinski definition) is 7. The fraction of sp³-hybridized carbons (Fsp3) is 0.286. The van der Waals surface area contributed by atoms with Crippen molar-refractivity contribution in [1.29, 1.82) is 5.26 Å². The Morgan fingerprint density at radius 1 is 1.24 bits per heavy atom. The smallest absolute Gasteiger partial charge is 0.323 e. The molecule has 0 radical (unpaired) electrons. The lowest BCUT2D eigenvalue weighted by atomic mass is 10.3. The number of ether oxygens (including phenoxy) is 1. The number of aromatic nitrogens is 3. The lowest BCUT2D eigenvalue weighted by Gasteiger charge is -2.21. The lowest BCUT2D eigenvalue weighted by Crippen LogP contribution is -2.22. The van der Waals surface area contributed by atoms with Gasteiger partial charge in [-0.2, -0.15) is 20.2 Å². The van der Waals surface area contributed by atoms with Gasteiger partial charge in [0.2, 0.25) is 11.9 Å². The van der Waals surface area contributed by atoms with Crippen molar-refractivity contribution < 1.29 is 4.74 Å². The zero-order valence-corrected chi connectivity index (χ0v) is 11.7. The number of nitrogens with zero attached hydrogens (tertiary/aromatic N) is 5. The fourth-order valence-corrected chi connectivity index (χ4v) is 1.79. The van der Waals surface area contributed by atoms with Gasteiger partial charge in [-0.3, -0.25) is 0 Å². The van der Waals surface area contributed by atoms with Gasteiger partial charge >= 0.3 is 6.01 Å². The quantitative estimate of drug-likeness (QED) is 0.864. The van der Waals surface area contributed by atoms with Crippen LogP contribution in [-0.2, 0) is 0 Å². The van der Waals surface area contributed by atoms with Crippen LogP contribution in [0.25, 0.3) is 0 Å². The monoisotopic (exact) mass is 284 g/mol. The molecular weight excluding hydrogens is 268 g/mol. The molecule has 0 unspecified atom stereocenters. The van der Waals surface area contributed by atoms with Crippen molar-refractivity contribution in [3.05, 3.63) is 30.3 Å². The van der Waals surface area contributed by atoms with Crippen molar-refractivity contribution in [2.45, 2.75) is 13.3 Å². The van der Waals surface area contributed by atoms with Gasteiger partial charge in [-0.1, -0.05) is 18.2 Å². The molecule has 0 bridgehead atoms. The molecule has 0 amide bonds. The molecule has 7 nitrogen and oxygen atoms in total. The molecule has 0 aliphatic heterocycles. The largest absolute Gasteiger partial charge is 0.464 e. The van der Waals surface area contributed by atoms with Crippen LogP contribution in [0.2, 0.25) is 0 Å². The molecule has 1 aromatic heterocycles. The summed E-state index contributed by atoms with van der Waals surface area (Å²) in [6, 6.07) is 11.9. The molecule has 21 heavy (non-hydrogen) atoms. The van der Waals surface area contributed by atoms with E-state index < -0.39 is 0 Å². The highest BCUT2D eigenvalue weighted by molar-refractivity contribution is 5.57. The van der Waals surface area contributed by atoms with Gasteiger partial charge in [0.1, 0.15) is 0 Å². The Kier molecular flexibility index (Phi) is 4.88. The number of nitrogen functional groups attached to an aromatic ring is 1. The molecule has 0 saturated carbocycles. The number of nitriles is 1. The first-order valence-electron chi connectivity index (χ1n) is 6.58. The first-order chi connectivity index (χ1) is 10.2. The second-order valence-electron chi connectivity index (χ2n) is 4.10. The maximum absolute atomic E-state index is 8.82. The minimum atomic E-state index is 0.0846. The van der Waals surface area contributed by atoms with Gasteiger partial charge in [0, 0.05) is 12.2 Å². The fourth-order valence-electron chi connectivity index (χ4n) is 1.79. The molecule has 7 heteroatoms. The highest BCUT2D eigenvalue weighted by Crippen LogP contribution is 2.23. The maximum Gasteiger partial charge on any atom is 0.323 e. The average molecular weight is 284 g/mol. The van der Waals surface area contributed by atoms with E-state index in [9.17, 15) is 0 Å². The highest BCUT2D eigenvalue weighted by atomic mass is 16.5. The molecule has 2 rings (SSSR count). The third-order valence-corrected chi connectivity index (χ3v) is 2.65. The molecule has 0 aliphatic carbocycles. The zero-order valence-electron chi connectivity index (χ0n) is 11.7. The predicted molar refractivity (Wildman–Crippen MR) is 79.1 cm³/mol. The first-order valence-corrected chi connectivity index (χ1v) is 6.58. The van der Waals surface area contributed by atoms with E-state index in [1.54, 1.807) is 0 Å². The topological polar surface area (TPSA) is 101 Å². The minimum absolute atomic E-state index is 0.0846. The Morgan fingerprint density at radius 2 is 2.00 bits per heavy atom. The van der Waals surface area contributed by atoms with E-state index in [4.69, 9.17) is 15.7 Å². The zero-order chi connectivity index (χ0) is 15.1. The number of nitrogens with two attached hydrogens (primary N) is 1. The van der Waals surface area contributed by atoms with E-state index >= 15 is 0 Å². The lowest BCUT2D eigenvalue weighted by molar-refractivity contribution is 0.312. The summed E-state index contributed by atoms with van der Waals surface area (Å²) in [5.41, 5.74) is 6.58. The van der Waals surface area contributed by atoms with Gasteiger partial charge in [0.15, 0.2) is 0 Å². The summed E-state index contributed by atoms with van der Waals surface area (Å²) in [5, 5.41) is 8.82. The number of hydrogen-bond donors (Lipinski definition) is 1. The van der Waals surface area contributed by atoms with Gasteiger partial charge in [-0.05, 0) is 19.1 Å². The van der Waals surface area contributed by atoms with Crippen molar-refractivity contribution >= 4 is 17.6 Å². The number of anilines is 3. The van der Waals surface area contributed by atoms with Crippen LogP contribution in [0.3, 0.4) is 0 Å². The van der Waals surface area contributed by atoms with Crippen LogP contribution in [-0.4, -0.2) is 28.1 Å². The Balaban J connectivity index is 2.39. The second-order valence-corrected chi connectivity index (χ2v) is 4.10. The van der Waals surface area contributed by atoms with E-state index in [2.05, 4.69) is 21.0 Å². The summed E-state index contributed by atoms with van der Waals surface area (Å²) >= 11 is 0. The summed E-state index contributed by atoms with van der Waals surface area (Å²) in [7, 11) is 0. The molecule has 0 aliphatic rings. The first kappa shape index (κ1) is 14.5. The van der Waals surface area contributed by atoms with Crippen LogP contribution in [0.15, 0.2) is 30.3 Å². The van der Waals surface area contributed by atoms with Crippen LogP contribution in [0, 0.1) is 11.3 Å². The molecule has 108 valence electrons. The summed E-state index contributed by atoms with van der Waals surface area (Å²) < 4.78 is 5.28. The van der Waals surface area contributed by atoms with Crippen LogP contribution in [0.5, 0.6) is 6.01 Å². The van der Waals surface area contributed by atoms with Gasteiger partial charge in [0.05, 0.1) is 19.1 Å². The summed E-state index contributed by atoms with van der Waals surface area (Å²) in [6.45, 7) is 2.73. The number of rotatable bonds is 6. The summed E-state index contributed by atoms with van der Waals surface area (Å²) in [4.78, 5) is 14.1. The van der Waals surface area contributed by atoms with E-state index in [0.29, 0.717) is 25.5 Å². The van der Waals surface area contributed by atoms with Crippen molar-refractivity contribution in [2.75, 3.05) is 23.8 Å². The van der Waals surface area contributed by atoms with Crippen LogP contribution in [0.1, 0.15) is 13.3 Å². The van der Waals surface area contributed by atoms with E-state index in [0.717, 1.165) is 5.69 Å². The maximum atomic E-state index is 8.82. The SMILES string of the molecule is CCOc1nc(N)nc(N(CCC#N)c2ccccc2)n1. The summed E-state index contributed by atoms with van der Waals surface area (Å²) in [6.07, 6.45) is 0.338. The van der Waals surface area contributed by atoms with E-state index in [1.165, 1.54) is 0 Å². The second kappa shape index (κ2) is 7.05. The van der Waals surface area contributed by atoms with Crippen LogP contribution in [0.4, 0.5) is 17.6 Å². The number of benzene rings is 1. The van der Waals surface area contributed by atoms with Crippen molar-refractivity contribution in [1.82, 2.24) is 15.0 Å². The molecule has 2 aromatic rings. The normalized spacial score (nSPS) is 9.90. The Labute approximate surface area is 123 Å². The predicted octanol–water partition coefficient (Wildman–Crippen LogP) is 1.90. The van der Waals surface area contributed by atoms with Crippen LogP contribution >= 0.6 is 0 Å². The number of para-hydroxylation sites is 1. The molecular formula is C14H16N6O. The highest BCUT2D eigenvalue weighted by Gasteiger charge is 2.15. The Hall–Kier alpha value is -2.88.